The molecule has 0 spiro atoms. The summed E-state index contributed by atoms with van der Waals surface area (Å²) in [5, 5.41) is 3.45. The van der Waals surface area contributed by atoms with Gasteiger partial charge >= 0.3 is 0 Å². The van der Waals surface area contributed by atoms with Gasteiger partial charge in [0.1, 0.15) is 0 Å². The normalized spacial score (nSPS) is 30.1. The molecule has 0 aliphatic heterocycles. The second-order valence-electron chi connectivity index (χ2n) is 7.27. The second kappa shape index (κ2) is 6.96. The van der Waals surface area contributed by atoms with E-state index in [-0.39, 0.29) is 0 Å². The maximum absolute atomic E-state index is 3.45. The summed E-state index contributed by atoms with van der Waals surface area (Å²) in [6.45, 7) is 3.55. The van der Waals surface area contributed by atoms with Crippen molar-refractivity contribution in [3.63, 3.8) is 0 Å². The Morgan fingerprint density at radius 3 is 2.43 bits per heavy atom. The van der Waals surface area contributed by atoms with Crippen LogP contribution in [0.4, 0.5) is 0 Å². The summed E-state index contributed by atoms with van der Waals surface area (Å²) in [4.78, 5) is 0. The number of rotatable bonds is 5. The van der Waals surface area contributed by atoms with E-state index in [0.717, 1.165) is 23.7 Å². The Morgan fingerprint density at radius 2 is 1.81 bits per heavy atom. The number of hydrogen-bond donors (Lipinski definition) is 1. The van der Waals surface area contributed by atoms with E-state index in [0.29, 0.717) is 0 Å². The Balaban J connectivity index is 1.87. The van der Waals surface area contributed by atoms with Crippen LogP contribution in [0.25, 0.3) is 0 Å². The van der Waals surface area contributed by atoms with Crippen LogP contribution in [-0.2, 0) is 0 Å². The van der Waals surface area contributed by atoms with Gasteiger partial charge in [0.15, 0.2) is 0 Å². The third-order valence-electron chi connectivity index (χ3n) is 6.09. The monoisotopic (exact) mass is 285 g/mol. The zero-order chi connectivity index (χ0) is 14.7. The lowest BCUT2D eigenvalue weighted by Gasteiger charge is -2.39. The summed E-state index contributed by atoms with van der Waals surface area (Å²) < 4.78 is 0. The zero-order valence-corrected chi connectivity index (χ0v) is 13.8. The molecule has 2 aliphatic rings. The number of nitrogens with one attached hydrogen (secondary N) is 1. The molecule has 1 N–H and O–H groups in total. The Bertz CT molecular complexity index is 449. The van der Waals surface area contributed by atoms with Crippen LogP contribution in [-0.4, -0.2) is 13.6 Å². The van der Waals surface area contributed by atoms with Gasteiger partial charge in [-0.2, -0.15) is 0 Å². The second-order valence-corrected chi connectivity index (χ2v) is 7.27. The van der Waals surface area contributed by atoms with Crippen LogP contribution in [0, 0.1) is 11.8 Å². The molecule has 0 aromatic heterocycles. The van der Waals surface area contributed by atoms with Gasteiger partial charge in [-0.1, -0.05) is 50.5 Å². The topological polar surface area (TPSA) is 12.0 Å². The first kappa shape index (κ1) is 15.1. The average Bonchev–Trinajstić information content (AvgIpc) is 2.47. The summed E-state index contributed by atoms with van der Waals surface area (Å²) in [6, 6.07) is 9.39. The molecule has 2 saturated carbocycles. The summed E-state index contributed by atoms with van der Waals surface area (Å²) in [6.07, 6.45) is 9.87. The summed E-state index contributed by atoms with van der Waals surface area (Å²) in [5.74, 6) is 3.42. The summed E-state index contributed by atoms with van der Waals surface area (Å²) in [5.41, 5.74) is 3.38. The molecule has 1 aromatic carbocycles. The fourth-order valence-corrected chi connectivity index (χ4v) is 4.52. The molecule has 2 fully saturated rings. The smallest absolute Gasteiger partial charge is 0.00177 e. The van der Waals surface area contributed by atoms with Gasteiger partial charge in [0.05, 0.1) is 0 Å². The standard InChI is InChI=1S/C20H31N/c1-3-15-11-12-17(14-21-2)20(13-15)19-10-5-4-9-18(19)16-7-6-8-16/h4-5,9-10,15-17,20-21H,3,6-8,11-14H2,1-2H3. The minimum Gasteiger partial charge on any atom is -0.319 e. The predicted octanol–water partition coefficient (Wildman–Crippen LogP) is 5.08. The zero-order valence-electron chi connectivity index (χ0n) is 13.8. The highest BCUT2D eigenvalue weighted by Gasteiger charge is 2.33. The van der Waals surface area contributed by atoms with Crippen LogP contribution < -0.4 is 5.32 Å². The van der Waals surface area contributed by atoms with Crippen molar-refractivity contribution in [2.75, 3.05) is 13.6 Å². The van der Waals surface area contributed by atoms with E-state index in [1.54, 1.807) is 11.1 Å². The quantitative estimate of drug-likeness (QED) is 0.795. The first-order valence-electron chi connectivity index (χ1n) is 9.06. The molecule has 1 aromatic rings. The van der Waals surface area contributed by atoms with Gasteiger partial charge in [0, 0.05) is 0 Å². The van der Waals surface area contributed by atoms with Crippen LogP contribution >= 0.6 is 0 Å². The van der Waals surface area contributed by atoms with Gasteiger partial charge in [0.2, 0.25) is 0 Å². The first-order valence-corrected chi connectivity index (χ1v) is 9.06. The lowest BCUT2D eigenvalue weighted by atomic mass is 9.67. The fraction of sp³-hybridized carbons (Fsp3) is 0.700. The van der Waals surface area contributed by atoms with Crippen LogP contribution in [0.15, 0.2) is 24.3 Å². The lowest BCUT2D eigenvalue weighted by Crippen LogP contribution is -2.31. The Kier molecular flexibility index (Phi) is 5.00. The molecule has 1 heteroatoms. The largest absolute Gasteiger partial charge is 0.319 e. The van der Waals surface area contributed by atoms with E-state index in [1.807, 2.05) is 0 Å². The van der Waals surface area contributed by atoms with Crippen molar-refractivity contribution < 1.29 is 0 Å². The number of hydrogen-bond acceptors (Lipinski definition) is 1. The highest BCUT2D eigenvalue weighted by atomic mass is 14.8. The Labute approximate surface area is 130 Å². The van der Waals surface area contributed by atoms with Crippen molar-refractivity contribution in [3.05, 3.63) is 35.4 Å². The Hall–Kier alpha value is -0.820. The van der Waals surface area contributed by atoms with E-state index < -0.39 is 0 Å². The molecule has 0 heterocycles. The summed E-state index contributed by atoms with van der Waals surface area (Å²) >= 11 is 0. The van der Waals surface area contributed by atoms with Crippen LogP contribution in [0.2, 0.25) is 0 Å². The third-order valence-corrected chi connectivity index (χ3v) is 6.09. The van der Waals surface area contributed by atoms with Gasteiger partial charge in [-0.25, -0.2) is 0 Å². The average molecular weight is 285 g/mol. The molecule has 0 radical (unpaired) electrons. The molecule has 2 aliphatic carbocycles. The molecular weight excluding hydrogens is 254 g/mol. The van der Waals surface area contributed by atoms with Gasteiger partial charge in [0.25, 0.3) is 0 Å². The minimum atomic E-state index is 0.785. The van der Waals surface area contributed by atoms with Gasteiger partial charge < -0.3 is 5.32 Å². The van der Waals surface area contributed by atoms with Crippen molar-refractivity contribution in [1.29, 1.82) is 0 Å². The van der Waals surface area contributed by atoms with E-state index in [1.165, 1.54) is 51.5 Å². The van der Waals surface area contributed by atoms with Crippen molar-refractivity contribution in [2.45, 2.75) is 63.7 Å². The third kappa shape index (κ3) is 3.18. The number of benzene rings is 1. The minimum absolute atomic E-state index is 0.785. The first-order chi connectivity index (χ1) is 10.3. The lowest BCUT2D eigenvalue weighted by molar-refractivity contribution is 0.226. The van der Waals surface area contributed by atoms with Crippen molar-refractivity contribution in [1.82, 2.24) is 5.32 Å². The highest BCUT2D eigenvalue weighted by Crippen LogP contribution is 2.46. The van der Waals surface area contributed by atoms with Crippen molar-refractivity contribution in [3.8, 4) is 0 Å². The predicted molar refractivity (Wildman–Crippen MR) is 90.8 cm³/mol. The molecule has 3 rings (SSSR count). The van der Waals surface area contributed by atoms with E-state index in [2.05, 4.69) is 43.6 Å². The highest BCUT2D eigenvalue weighted by molar-refractivity contribution is 5.35. The van der Waals surface area contributed by atoms with Crippen LogP contribution in [0.3, 0.4) is 0 Å². The van der Waals surface area contributed by atoms with E-state index in [9.17, 15) is 0 Å². The van der Waals surface area contributed by atoms with E-state index in [4.69, 9.17) is 0 Å². The molecule has 3 atom stereocenters. The molecule has 3 unspecified atom stereocenters. The maximum atomic E-state index is 3.45. The van der Waals surface area contributed by atoms with Crippen LogP contribution in [0.1, 0.15) is 74.8 Å². The van der Waals surface area contributed by atoms with Gasteiger partial charge in [-0.3, -0.25) is 0 Å². The fourth-order valence-electron chi connectivity index (χ4n) is 4.52. The molecule has 21 heavy (non-hydrogen) atoms. The summed E-state index contributed by atoms with van der Waals surface area (Å²) in [7, 11) is 2.11. The van der Waals surface area contributed by atoms with Gasteiger partial charge in [-0.05, 0) is 74.1 Å². The van der Waals surface area contributed by atoms with Crippen molar-refractivity contribution >= 4 is 0 Å². The molecule has 116 valence electrons. The molecule has 0 saturated heterocycles. The molecule has 1 nitrogen and oxygen atoms in total. The molecule has 0 bridgehead atoms. The van der Waals surface area contributed by atoms with Gasteiger partial charge in [-0.15, -0.1) is 0 Å². The molecule has 0 amide bonds. The van der Waals surface area contributed by atoms with Crippen LogP contribution in [0.5, 0.6) is 0 Å². The van der Waals surface area contributed by atoms with E-state index >= 15 is 0 Å². The SMILES string of the molecule is CCC1CCC(CNC)C(c2ccccc2C2CCC2)C1. The molecular formula is C20H31N. The Morgan fingerprint density at radius 1 is 1.05 bits per heavy atom. The maximum Gasteiger partial charge on any atom is -0.00177 e. The van der Waals surface area contributed by atoms with Crippen molar-refractivity contribution in [2.24, 2.45) is 11.8 Å².